The molecule has 0 radical (unpaired) electrons. The molecule has 4 unspecified atom stereocenters. The lowest BCUT2D eigenvalue weighted by Crippen LogP contribution is -2.64. The van der Waals surface area contributed by atoms with E-state index in [1.165, 1.54) is 12.1 Å². The normalized spacial score (nSPS) is 20.0. The zero-order chi connectivity index (χ0) is 32.7. The van der Waals surface area contributed by atoms with E-state index in [4.69, 9.17) is 9.47 Å². The average Bonchev–Trinajstić information content (AvgIpc) is 3.11. The summed E-state index contributed by atoms with van der Waals surface area (Å²) < 4.78 is 36.8. The number of esters is 1. The Labute approximate surface area is 259 Å². The second-order valence-electron chi connectivity index (χ2n) is 10.7. The van der Waals surface area contributed by atoms with Crippen molar-refractivity contribution in [2.24, 2.45) is 0 Å². The second kappa shape index (κ2) is 14.5. The third kappa shape index (κ3) is 8.99. The molecule has 2 aromatic carbocycles. The molecule has 2 heterocycles. The fraction of sp³-hybridized carbons (Fsp3) is 0.414. The molecule has 0 aliphatic carbocycles. The summed E-state index contributed by atoms with van der Waals surface area (Å²) in [5, 5.41) is 24.7. The van der Waals surface area contributed by atoms with Gasteiger partial charge in [-0.05, 0) is 49.6 Å². The van der Waals surface area contributed by atoms with Crippen LogP contribution in [0.3, 0.4) is 0 Å². The molecule has 0 spiro atoms. The minimum Gasteiger partial charge on any atom is -0.481 e. The largest absolute Gasteiger partial charge is 0.481 e. The lowest BCUT2D eigenvalue weighted by Gasteiger charge is -2.43. The van der Waals surface area contributed by atoms with Gasteiger partial charge in [0.1, 0.15) is 36.3 Å². The molecule has 2 aromatic rings. The number of carboxylic acids is 1. The Bertz CT molecular complexity index is 1540. The minimum atomic E-state index is -3.83. The van der Waals surface area contributed by atoms with Gasteiger partial charge in [0.05, 0.1) is 24.3 Å². The minimum absolute atomic E-state index is 0.0826. The molecule has 4 atom stereocenters. The molecule has 0 bridgehead atoms. The van der Waals surface area contributed by atoms with Crippen molar-refractivity contribution in [2.45, 2.75) is 56.3 Å². The second-order valence-corrected chi connectivity index (χ2v) is 12.4. The first kappa shape index (κ1) is 33.4. The number of nitrogens with zero attached hydrogens (tertiary/aromatic N) is 2. The smallest absolute Gasteiger partial charge is 0.338 e. The molecule has 2 saturated heterocycles. The van der Waals surface area contributed by atoms with E-state index in [0.717, 1.165) is 16.3 Å². The van der Waals surface area contributed by atoms with Gasteiger partial charge in [0, 0.05) is 13.0 Å². The van der Waals surface area contributed by atoms with Crippen LogP contribution in [0.5, 0.6) is 11.5 Å². The van der Waals surface area contributed by atoms with Crippen molar-refractivity contribution in [3.63, 3.8) is 0 Å². The Kier molecular flexibility index (Phi) is 10.7. The van der Waals surface area contributed by atoms with Crippen molar-refractivity contribution in [1.82, 2.24) is 20.1 Å². The third-order valence-electron chi connectivity index (χ3n) is 7.14. The molecule has 2 aliphatic heterocycles. The van der Waals surface area contributed by atoms with E-state index in [1.807, 2.05) is 6.07 Å². The number of aliphatic hydroxyl groups is 1. The quantitative estimate of drug-likeness (QED) is 0.232. The number of rotatable bonds is 12. The van der Waals surface area contributed by atoms with Crippen LogP contribution in [-0.2, 0) is 33.9 Å². The first-order chi connectivity index (χ1) is 21.3. The summed E-state index contributed by atoms with van der Waals surface area (Å²) in [6.07, 6.45) is -1.40. The van der Waals surface area contributed by atoms with Crippen molar-refractivity contribution in [3.8, 4) is 11.5 Å². The summed E-state index contributed by atoms with van der Waals surface area (Å²) >= 11 is 0. The van der Waals surface area contributed by atoms with E-state index >= 15 is 0 Å². The fourth-order valence-corrected chi connectivity index (χ4v) is 5.80. The maximum Gasteiger partial charge on any atom is 0.338 e. The van der Waals surface area contributed by atoms with Gasteiger partial charge in [-0.3, -0.25) is 24.2 Å². The highest BCUT2D eigenvalue weighted by Crippen LogP contribution is 2.26. The van der Waals surface area contributed by atoms with Crippen molar-refractivity contribution < 1.29 is 52.1 Å². The van der Waals surface area contributed by atoms with Crippen molar-refractivity contribution in [1.29, 1.82) is 0 Å². The Morgan fingerprint density at radius 3 is 2.44 bits per heavy atom. The standard InChI is InChI=1S/C29H34N4O11S/c1-45(41,42)31-21-12-13-25(35)32-14-6-11-23(33(32)28(21)39)27(38)30-22(16-26(36)37)24(34)17-43-29(40)18-7-5-10-20(15-18)44-19-8-3-2-4-9-19/h2-5,7-10,15,21-24,31,34H,6,11-14,16-17H2,1H3,(H,30,38)(H,36,37). The van der Waals surface area contributed by atoms with Crippen LogP contribution in [0.4, 0.5) is 0 Å². The van der Waals surface area contributed by atoms with Gasteiger partial charge < -0.3 is 25.0 Å². The number of ether oxygens (including phenoxy) is 2. The zero-order valence-corrected chi connectivity index (χ0v) is 25.1. The SMILES string of the molecule is CS(=O)(=O)NC1CCC(=O)N2CCCC(C(=O)NC(CC(=O)O)C(O)COC(=O)c3cccc(Oc4ccccc4)c3)N2C1=O. The van der Waals surface area contributed by atoms with Crippen LogP contribution in [-0.4, -0.2) is 102 Å². The molecule has 0 aromatic heterocycles. The fourth-order valence-electron chi connectivity index (χ4n) is 5.06. The number of para-hydroxylation sites is 1. The topological polar surface area (TPSA) is 209 Å². The number of carbonyl (C=O) groups is 5. The van der Waals surface area contributed by atoms with Gasteiger partial charge in [-0.2, -0.15) is 0 Å². The first-order valence-corrected chi connectivity index (χ1v) is 16.0. The van der Waals surface area contributed by atoms with E-state index < -0.39 is 76.9 Å². The molecular weight excluding hydrogens is 612 g/mol. The van der Waals surface area contributed by atoms with Crippen molar-refractivity contribution in [2.75, 3.05) is 19.4 Å². The number of aliphatic hydroxyl groups excluding tert-OH is 1. The Morgan fingerprint density at radius 1 is 1.04 bits per heavy atom. The van der Waals surface area contributed by atoms with Crippen LogP contribution in [0.15, 0.2) is 54.6 Å². The van der Waals surface area contributed by atoms with E-state index in [9.17, 15) is 42.6 Å². The van der Waals surface area contributed by atoms with Crippen LogP contribution >= 0.6 is 0 Å². The predicted octanol–water partition coefficient (Wildman–Crippen LogP) is 0.402. The summed E-state index contributed by atoms with van der Waals surface area (Å²) in [5.41, 5.74) is 0.0957. The number of nitrogens with one attached hydrogen (secondary N) is 2. The van der Waals surface area contributed by atoms with Gasteiger partial charge in [0.25, 0.3) is 5.91 Å². The van der Waals surface area contributed by atoms with Gasteiger partial charge in [-0.1, -0.05) is 24.3 Å². The highest BCUT2D eigenvalue weighted by molar-refractivity contribution is 7.88. The third-order valence-corrected chi connectivity index (χ3v) is 7.85. The number of hydrogen-bond acceptors (Lipinski definition) is 10. The zero-order valence-electron chi connectivity index (χ0n) is 24.3. The number of amides is 3. The number of hydrogen-bond donors (Lipinski definition) is 4. The number of carbonyl (C=O) groups excluding carboxylic acids is 4. The lowest BCUT2D eigenvalue weighted by molar-refractivity contribution is -0.176. The highest BCUT2D eigenvalue weighted by atomic mass is 32.2. The maximum atomic E-state index is 13.4. The monoisotopic (exact) mass is 646 g/mol. The molecule has 4 rings (SSSR count). The molecule has 0 saturated carbocycles. The average molecular weight is 647 g/mol. The van der Waals surface area contributed by atoms with Gasteiger partial charge >= 0.3 is 11.9 Å². The van der Waals surface area contributed by atoms with Crippen molar-refractivity contribution in [3.05, 3.63) is 60.2 Å². The summed E-state index contributed by atoms with van der Waals surface area (Å²) in [7, 11) is -3.83. The van der Waals surface area contributed by atoms with E-state index in [-0.39, 0.29) is 31.4 Å². The predicted molar refractivity (Wildman–Crippen MR) is 156 cm³/mol. The molecule has 242 valence electrons. The van der Waals surface area contributed by atoms with Gasteiger partial charge in [-0.25, -0.2) is 22.9 Å². The Balaban J connectivity index is 1.44. The highest BCUT2D eigenvalue weighted by Gasteiger charge is 2.45. The molecular formula is C29H34N4O11S. The molecule has 4 N–H and O–H groups in total. The van der Waals surface area contributed by atoms with Crippen LogP contribution < -0.4 is 14.8 Å². The van der Waals surface area contributed by atoms with Crippen LogP contribution in [0.25, 0.3) is 0 Å². The van der Waals surface area contributed by atoms with Gasteiger partial charge in [0.2, 0.25) is 21.8 Å². The Hall–Kier alpha value is -4.54. The van der Waals surface area contributed by atoms with Crippen LogP contribution in [0.2, 0.25) is 0 Å². The number of hydrazine groups is 1. The number of sulfonamides is 1. The van der Waals surface area contributed by atoms with E-state index in [0.29, 0.717) is 17.9 Å². The molecule has 2 aliphatic rings. The van der Waals surface area contributed by atoms with Crippen LogP contribution in [0.1, 0.15) is 42.5 Å². The lowest BCUT2D eigenvalue weighted by atomic mass is 10.0. The summed E-state index contributed by atoms with van der Waals surface area (Å²) in [4.78, 5) is 63.9. The summed E-state index contributed by atoms with van der Waals surface area (Å²) in [6.45, 7) is -0.562. The number of benzene rings is 2. The van der Waals surface area contributed by atoms with E-state index in [2.05, 4.69) is 10.0 Å². The maximum absolute atomic E-state index is 13.4. The molecule has 45 heavy (non-hydrogen) atoms. The van der Waals surface area contributed by atoms with Crippen molar-refractivity contribution >= 4 is 39.7 Å². The number of fused-ring (bicyclic) bond motifs is 1. The number of carboxylic acid groups (broad SMARTS) is 1. The van der Waals surface area contributed by atoms with Gasteiger partial charge in [-0.15, -0.1) is 0 Å². The van der Waals surface area contributed by atoms with E-state index in [1.54, 1.807) is 36.4 Å². The summed E-state index contributed by atoms with van der Waals surface area (Å²) in [5.74, 6) is -3.48. The first-order valence-electron chi connectivity index (χ1n) is 14.1. The molecule has 15 nitrogen and oxygen atoms in total. The summed E-state index contributed by atoms with van der Waals surface area (Å²) in [6, 6.07) is 10.9. The van der Waals surface area contributed by atoms with Crippen LogP contribution in [0, 0.1) is 0 Å². The number of aliphatic carboxylic acids is 1. The Morgan fingerprint density at radius 2 is 1.76 bits per heavy atom. The molecule has 16 heteroatoms. The molecule has 3 amide bonds. The molecule has 2 fully saturated rings. The van der Waals surface area contributed by atoms with Gasteiger partial charge in [0.15, 0.2) is 0 Å².